The van der Waals surface area contributed by atoms with E-state index in [1.165, 1.54) is 70.7 Å². The molecule has 0 spiro atoms. The average molecular weight is 967 g/mol. The average Bonchev–Trinajstić information content (AvgIpc) is 3.50. The van der Waals surface area contributed by atoms with Gasteiger partial charge in [0.2, 0.25) is 0 Å². The lowest BCUT2D eigenvalue weighted by Gasteiger charge is -2.31. The minimum Gasteiger partial charge on any atom is -0.310 e. The quantitative estimate of drug-likeness (QED) is 0.135. The maximum absolute atomic E-state index is 2.49. The van der Waals surface area contributed by atoms with Crippen LogP contribution >= 0.6 is 0 Å². The van der Waals surface area contributed by atoms with Gasteiger partial charge in [-0.3, -0.25) is 0 Å². The highest BCUT2D eigenvalue weighted by atomic mass is 15.2. The van der Waals surface area contributed by atoms with E-state index in [2.05, 4.69) is 313 Å². The van der Waals surface area contributed by atoms with E-state index in [4.69, 9.17) is 0 Å². The molecule has 356 valence electrons. The van der Waals surface area contributed by atoms with Gasteiger partial charge in [0.15, 0.2) is 0 Å². The Morgan fingerprint density at radius 1 is 0.171 bits per heavy atom. The number of hydrogen-bond acceptors (Lipinski definition) is 2. The summed E-state index contributed by atoms with van der Waals surface area (Å²) in [5.41, 5.74) is 15.9. The fourth-order valence-corrected chi connectivity index (χ4v) is 11.6. The molecule has 0 aromatic heterocycles. The van der Waals surface area contributed by atoms with Crippen LogP contribution in [0.2, 0.25) is 0 Å². The lowest BCUT2D eigenvalue weighted by Crippen LogP contribution is -2.13. The van der Waals surface area contributed by atoms with Crippen LogP contribution in [-0.2, 0) is 0 Å². The second kappa shape index (κ2) is 19.1. The predicted molar refractivity (Wildman–Crippen MR) is 325 cm³/mol. The third-order valence-electron chi connectivity index (χ3n) is 15.2. The van der Waals surface area contributed by atoms with Gasteiger partial charge in [-0.15, -0.1) is 0 Å². The summed E-state index contributed by atoms with van der Waals surface area (Å²) in [5.74, 6) is 0. The van der Waals surface area contributed by atoms with E-state index in [0.717, 1.165) is 61.8 Å². The monoisotopic (exact) mass is 966 g/mol. The predicted octanol–water partition coefficient (Wildman–Crippen LogP) is 21.1. The molecular weight excluding hydrogens is 917 g/mol. The van der Waals surface area contributed by atoms with Crippen molar-refractivity contribution in [1.29, 1.82) is 0 Å². The van der Waals surface area contributed by atoms with Crippen molar-refractivity contribution in [1.82, 2.24) is 0 Å². The smallest absolute Gasteiger partial charge is 0.0546 e. The van der Waals surface area contributed by atoms with Crippen molar-refractivity contribution < 1.29 is 0 Å². The number of fused-ring (bicyclic) bond motifs is 5. The SMILES string of the molecule is c1ccc(-c2cc3c(-c4ccccc4)cc(N(c4ccc(-c5cccc6ccccc56)cc4)c4cccc5ccccc45)cc3cc2N(c2ccc(-c3cccc4ccccc34)cc2)c2cccc3ccccc23)cc1. The van der Waals surface area contributed by atoms with Crippen LogP contribution < -0.4 is 9.80 Å². The number of benzene rings is 14. The molecule has 0 aliphatic carbocycles. The van der Waals surface area contributed by atoms with Crippen LogP contribution in [0.4, 0.5) is 34.1 Å². The first-order valence-corrected chi connectivity index (χ1v) is 26.2. The zero-order valence-electron chi connectivity index (χ0n) is 41.8. The Morgan fingerprint density at radius 2 is 0.553 bits per heavy atom. The first-order valence-electron chi connectivity index (χ1n) is 26.2. The Morgan fingerprint density at radius 3 is 1.07 bits per heavy atom. The van der Waals surface area contributed by atoms with Crippen LogP contribution in [0.3, 0.4) is 0 Å². The summed E-state index contributed by atoms with van der Waals surface area (Å²) >= 11 is 0. The van der Waals surface area contributed by atoms with Crippen LogP contribution in [0.25, 0.3) is 98.4 Å². The van der Waals surface area contributed by atoms with Crippen LogP contribution in [-0.4, -0.2) is 0 Å². The van der Waals surface area contributed by atoms with Crippen molar-refractivity contribution in [3.63, 3.8) is 0 Å². The van der Waals surface area contributed by atoms with Gasteiger partial charge >= 0.3 is 0 Å². The minimum atomic E-state index is 1.06. The van der Waals surface area contributed by atoms with E-state index in [1.54, 1.807) is 0 Å². The van der Waals surface area contributed by atoms with Gasteiger partial charge in [-0.05, 0) is 143 Å². The van der Waals surface area contributed by atoms with Crippen molar-refractivity contribution in [2.45, 2.75) is 0 Å². The number of rotatable bonds is 10. The molecule has 0 saturated carbocycles. The maximum atomic E-state index is 2.49. The molecule has 0 saturated heterocycles. The van der Waals surface area contributed by atoms with Crippen molar-refractivity contribution in [2.75, 3.05) is 9.80 Å². The van der Waals surface area contributed by atoms with E-state index in [9.17, 15) is 0 Å². The van der Waals surface area contributed by atoms with Crippen LogP contribution in [0, 0.1) is 0 Å². The van der Waals surface area contributed by atoms with E-state index < -0.39 is 0 Å². The number of anilines is 6. The Bertz CT molecular complexity index is 4430. The van der Waals surface area contributed by atoms with Gasteiger partial charge in [0.1, 0.15) is 0 Å². The van der Waals surface area contributed by atoms with Crippen molar-refractivity contribution in [2.24, 2.45) is 0 Å². The summed E-state index contributed by atoms with van der Waals surface area (Å²) in [7, 11) is 0. The molecule has 0 amide bonds. The molecule has 2 nitrogen and oxygen atoms in total. The Balaban J connectivity index is 1.03. The summed E-state index contributed by atoms with van der Waals surface area (Å²) in [5, 5.41) is 12.0. The molecule has 0 bridgehead atoms. The van der Waals surface area contributed by atoms with E-state index in [-0.39, 0.29) is 0 Å². The van der Waals surface area contributed by atoms with E-state index >= 15 is 0 Å². The third-order valence-corrected chi connectivity index (χ3v) is 15.2. The highest BCUT2D eigenvalue weighted by molar-refractivity contribution is 6.10. The summed E-state index contributed by atoms with van der Waals surface area (Å²) in [6.07, 6.45) is 0. The molecule has 14 rings (SSSR count). The highest BCUT2D eigenvalue weighted by Gasteiger charge is 2.24. The molecule has 0 aliphatic heterocycles. The van der Waals surface area contributed by atoms with Gasteiger partial charge < -0.3 is 9.80 Å². The van der Waals surface area contributed by atoms with Crippen LogP contribution in [0.1, 0.15) is 0 Å². The molecule has 0 N–H and O–H groups in total. The normalized spacial score (nSPS) is 11.4. The van der Waals surface area contributed by atoms with Gasteiger partial charge in [-0.1, -0.05) is 243 Å². The zero-order chi connectivity index (χ0) is 50.4. The van der Waals surface area contributed by atoms with E-state index in [0.29, 0.717) is 0 Å². The maximum Gasteiger partial charge on any atom is 0.0546 e. The molecule has 0 atom stereocenters. The molecule has 0 aliphatic rings. The summed E-state index contributed by atoms with van der Waals surface area (Å²) in [4.78, 5) is 4.95. The van der Waals surface area contributed by atoms with Gasteiger partial charge in [-0.25, -0.2) is 0 Å². The minimum absolute atomic E-state index is 1.06. The molecule has 2 heteroatoms. The van der Waals surface area contributed by atoms with Gasteiger partial charge in [0.05, 0.1) is 17.1 Å². The molecule has 0 heterocycles. The largest absolute Gasteiger partial charge is 0.310 e. The van der Waals surface area contributed by atoms with Gasteiger partial charge in [-0.2, -0.15) is 0 Å². The molecule has 76 heavy (non-hydrogen) atoms. The Labute approximate surface area is 443 Å². The van der Waals surface area contributed by atoms with Crippen LogP contribution in [0.5, 0.6) is 0 Å². The van der Waals surface area contributed by atoms with Crippen molar-refractivity contribution in [3.8, 4) is 44.5 Å². The lowest BCUT2D eigenvalue weighted by molar-refractivity contribution is 1.29. The molecule has 0 unspecified atom stereocenters. The molecule has 0 fully saturated rings. The van der Waals surface area contributed by atoms with Gasteiger partial charge in [0, 0.05) is 33.4 Å². The molecule has 0 radical (unpaired) electrons. The fourth-order valence-electron chi connectivity index (χ4n) is 11.6. The fraction of sp³-hybridized carbons (Fsp3) is 0. The molecular formula is C74H50N2. The van der Waals surface area contributed by atoms with Gasteiger partial charge in [0.25, 0.3) is 0 Å². The Hall–Kier alpha value is -10.0. The molecule has 14 aromatic rings. The Kier molecular flexibility index (Phi) is 11.2. The second-order valence-corrected chi connectivity index (χ2v) is 19.6. The highest BCUT2D eigenvalue weighted by Crippen LogP contribution is 2.49. The number of hydrogen-bond donors (Lipinski definition) is 0. The van der Waals surface area contributed by atoms with E-state index in [1.807, 2.05) is 0 Å². The lowest BCUT2D eigenvalue weighted by atomic mass is 9.91. The first kappa shape index (κ1) is 44.7. The summed E-state index contributed by atoms with van der Waals surface area (Å²) in [6.45, 7) is 0. The summed E-state index contributed by atoms with van der Waals surface area (Å²) in [6, 6.07) is 111. The van der Waals surface area contributed by atoms with Crippen LogP contribution in [0.15, 0.2) is 303 Å². The number of nitrogens with zero attached hydrogens (tertiary/aromatic N) is 2. The summed E-state index contributed by atoms with van der Waals surface area (Å²) < 4.78 is 0. The zero-order valence-corrected chi connectivity index (χ0v) is 41.8. The molecule has 14 aromatic carbocycles. The standard InChI is InChI=1S/C74H50N2/c1-3-19-55(20-4-1)69-49-62(75(72-37-17-29-53-25-9-13-33-67(53)72)60-43-39-57(40-44-60)65-35-15-27-51-23-7-11-31-63(51)65)47-59-48-74(71(50-70(59)69)56-21-5-2-6-22-56)76(73-38-18-30-54-26-10-14-34-68(54)73)61-45-41-58(42-46-61)66-36-16-28-52-24-8-12-32-64(52)66/h1-50H. The van der Waals surface area contributed by atoms with Crippen molar-refractivity contribution in [3.05, 3.63) is 303 Å². The van der Waals surface area contributed by atoms with Crippen molar-refractivity contribution >= 4 is 88.0 Å². The first-order chi connectivity index (χ1) is 37.7. The topological polar surface area (TPSA) is 6.48 Å². The second-order valence-electron chi connectivity index (χ2n) is 19.6. The third kappa shape index (κ3) is 8.01.